The molecule has 3 rings (SSSR count). The summed E-state index contributed by atoms with van der Waals surface area (Å²) in [6, 6.07) is 1.84. The third kappa shape index (κ3) is 3.36. The van der Waals surface area contributed by atoms with Crippen molar-refractivity contribution in [3.63, 3.8) is 0 Å². The molecule has 0 aliphatic heterocycles. The van der Waals surface area contributed by atoms with Crippen LogP contribution in [-0.2, 0) is 12.8 Å². The van der Waals surface area contributed by atoms with Gasteiger partial charge in [0, 0.05) is 12.2 Å². The van der Waals surface area contributed by atoms with Crippen molar-refractivity contribution in [1.82, 2.24) is 4.98 Å². The fourth-order valence-corrected chi connectivity index (χ4v) is 3.56. The molecule has 4 nitrogen and oxygen atoms in total. The Hall–Kier alpha value is -1.58. The molecule has 0 saturated heterocycles. The first kappa shape index (κ1) is 14.4. The van der Waals surface area contributed by atoms with Gasteiger partial charge in [-0.15, -0.1) is 0 Å². The van der Waals surface area contributed by atoms with E-state index in [-0.39, 0.29) is 0 Å². The van der Waals surface area contributed by atoms with Crippen molar-refractivity contribution < 1.29 is 9.90 Å². The van der Waals surface area contributed by atoms with E-state index < -0.39 is 5.97 Å². The van der Waals surface area contributed by atoms with Gasteiger partial charge >= 0.3 is 5.97 Å². The normalized spacial score (nSPS) is 19.0. The molecule has 0 atom stereocenters. The molecule has 0 spiro atoms. The van der Waals surface area contributed by atoms with Crippen LogP contribution in [0.4, 0.5) is 5.82 Å². The average Bonchev–Trinajstić information content (AvgIpc) is 2.53. The average molecular weight is 288 g/mol. The van der Waals surface area contributed by atoms with E-state index in [9.17, 15) is 9.90 Å². The summed E-state index contributed by atoms with van der Waals surface area (Å²) in [5.41, 5.74) is 2.56. The number of aromatic nitrogens is 1. The third-order valence-electron chi connectivity index (χ3n) is 4.81. The standard InChI is InChI=1S/C17H24N2O2/c20-17(21)14-10-13-8-4-5-9-15(13)19-16(14)18-11-12-6-2-1-3-7-12/h10,12H,1-9,11H2,(H,18,19)(H,20,21). The van der Waals surface area contributed by atoms with Gasteiger partial charge in [0.15, 0.2) is 0 Å². The minimum atomic E-state index is -0.873. The SMILES string of the molecule is O=C(O)c1cc2c(nc1NCC1CCCCC1)CCCC2. The monoisotopic (exact) mass is 288 g/mol. The maximum Gasteiger partial charge on any atom is 0.339 e. The molecule has 21 heavy (non-hydrogen) atoms. The van der Waals surface area contributed by atoms with E-state index in [0.29, 0.717) is 17.3 Å². The van der Waals surface area contributed by atoms with Crippen molar-refractivity contribution in [3.05, 3.63) is 22.9 Å². The van der Waals surface area contributed by atoms with Crippen LogP contribution in [-0.4, -0.2) is 22.6 Å². The van der Waals surface area contributed by atoms with Crippen molar-refractivity contribution in [2.45, 2.75) is 57.8 Å². The minimum absolute atomic E-state index is 0.339. The van der Waals surface area contributed by atoms with E-state index in [1.165, 1.54) is 32.1 Å². The summed E-state index contributed by atoms with van der Waals surface area (Å²) in [6.45, 7) is 0.853. The molecule has 0 bridgehead atoms. The molecule has 1 saturated carbocycles. The molecule has 1 fully saturated rings. The maximum atomic E-state index is 11.5. The molecule has 0 aromatic carbocycles. The first-order valence-electron chi connectivity index (χ1n) is 8.24. The quantitative estimate of drug-likeness (QED) is 0.887. The maximum absolute atomic E-state index is 11.5. The number of rotatable bonds is 4. The number of aromatic carboxylic acids is 1. The van der Waals surface area contributed by atoms with Gasteiger partial charge in [-0.3, -0.25) is 0 Å². The molecular weight excluding hydrogens is 264 g/mol. The van der Waals surface area contributed by atoms with E-state index in [0.717, 1.165) is 43.5 Å². The topological polar surface area (TPSA) is 62.2 Å². The smallest absolute Gasteiger partial charge is 0.339 e. The summed E-state index contributed by atoms with van der Waals surface area (Å²) in [5, 5.41) is 12.7. The molecule has 2 aliphatic carbocycles. The van der Waals surface area contributed by atoms with Gasteiger partial charge < -0.3 is 10.4 Å². The zero-order valence-corrected chi connectivity index (χ0v) is 12.5. The number of aryl methyl sites for hydroxylation is 2. The van der Waals surface area contributed by atoms with Gasteiger partial charge in [0.25, 0.3) is 0 Å². The van der Waals surface area contributed by atoms with Crippen molar-refractivity contribution >= 4 is 11.8 Å². The van der Waals surface area contributed by atoms with Gasteiger partial charge in [0.05, 0.1) is 0 Å². The first-order valence-corrected chi connectivity index (χ1v) is 8.24. The summed E-state index contributed by atoms with van der Waals surface area (Å²) in [5.74, 6) is 0.369. The molecule has 2 N–H and O–H groups in total. The Balaban J connectivity index is 1.77. The van der Waals surface area contributed by atoms with Crippen LogP contribution in [0.2, 0.25) is 0 Å². The van der Waals surface area contributed by atoms with E-state index in [4.69, 9.17) is 0 Å². The van der Waals surface area contributed by atoms with Crippen LogP contribution in [0.1, 0.15) is 66.6 Å². The Morgan fingerprint density at radius 2 is 1.95 bits per heavy atom. The minimum Gasteiger partial charge on any atom is -0.478 e. The lowest BCUT2D eigenvalue weighted by atomic mass is 9.89. The molecular formula is C17H24N2O2. The van der Waals surface area contributed by atoms with Crippen LogP contribution in [0, 0.1) is 5.92 Å². The third-order valence-corrected chi connectivity index (χ3v) is 4.81. The molecule has 2 aliphatic rings. The largest absolute Gasteiger partial charge is 0.478 e. The van der Waals surface area contributed by atoms with Gasteiger partial charge in [-0.05, 0) is 56.1 Å². The lowest BCUT2D eigenvalue weighted by Crippen LogP contribution is -2.20. The number of fused-ring (bicyclic) bond motifs is 1. The number of carboxylic acid groups (broad SMARTS) is 1. The Kier molecular flexibility index (Phi) is 4.42. The summed E-state index contributed by atoms with van der Waals surface area (Å²) in [4.78, 5) is 16.1. The van der Waals surface area contributed by atoms with Crippen molar-refractivity contribution in [2.75, 3.05) is 11.9 Å². The van der Waals surface area contributed by atoms with E-state index in [1.807, 2.05) is 6.07 Å². The Morgan fingerprint density at radius 3 is 2.71 bits per heavy atom. The predicted molar refractivity (Wildman–Crippen MR) is 82.9 cm³/mol. The van der Waals surface area contributed by atoms with Crippen molar-refractivity contribution in [1.29, 1.82) is 0 Å². The summed E-state index contributed by atoms with van der Waals surface area (Å²) in [7, 11) is 0. The van der Waals surface area contributed by atoms with E-state index >= 15 is 0 Å². The van der Waals surface area contributed by atoms with Crippen LogP contribution < -0.4 is 5.32 Å². The van der Waals surface area contributed by atoms with Crippen molar-refractivity contribution in [3.8, 4) is 0 Å². The van der Waals surface area contributed by atoms with Gasteiger partial charge in [-0.1, -0.05) is 19.3 Å². The van der Waals surface area contributed by atoms with Crippen LogP contribution in [0.3, 0.4) is 0 Å². The molecule has 1 aromatic rings. The van der Waals surface area contributed by atoms with Gasteiger partial charge in [-0.2, -0.15) is 0 Å². The number of hydrogen-bond donors (Lipinski definition) is 2. The van der Waals surface area contributed by atoms with Crippen LogP contribution >= 0.6 is 0 Å². The zero-order valence-electron chi connectivity index (χ0n) is 12.5. The summed E-state index contributed by atoms with van der Waals surface area (Å²) in [6.07, 6.45) is 10.7. The number of anilines is 1. The highest BCUT2D eigenvalue weighted by molar-refractivity contribution is 5.93. The zero-order chi connectivity index (χ0) is 14.7. The Morgan fingerprint density at radius 1 is 1.19 bits per heavy atom. The van der Waals surface area contributed by atoms with Gasteiger partial charge in [-0.25, -0.2) is 9.78 Å². The van der Waals surface area contributed by atoms with E-state index in [2.05, 4.69) is 10.3 Å². The van der Waals surface area contributed by atoms with Gasteiger partial charge in [0.1, 0.15) is 11.4 Å². The molecule has 4 heteroatoms. The van der Waals surface area contributed by atoms with Crippen molar-refractivity contribution in [2.24, 2.45) is 5.92 Å². The second kappa shape index (κ2) is 6.46. The Labute approximate surface area is 126 Å². The molecule has 1 heterocycles. The lowest BCUT2D eigenvalue weighted by molar-refractivity contribution is 0.0697. The second-order valence-corrected chi connectivity index (χ2v) is 6.39. The summed E-state index contributed by atoms with van der Waals surface area (Å²) < 4.78 is 0. The highest BCUT2D eigenvalue weighted by Crippen LogP contribution is 2.27. The number of carboxylic acids is 1. The summed E-state index contributed by atoms with van der Waals surface area (Å²) >= 11 is 0. The molecule has 0 amide bonds. The molecule has 0 radical (unpaired) electrons. The number of carbonyl (C=O) groups is 1. The first-order chi connectivity index (χ1) is 10.2. The fourth-order valence-electron chi connectivity index (χ4n) is 3.56. The number of nitrogens with zero attached hydrogens (tertiary/aromatic N) is 1. The fraction of sp³-hybridized carbons (Fsp3) is 0.647. The second-order valence-electron chi connectivity index (χ2n) is 6.39. The number of hydrogen-bond acceptors (Lipinski definition) is 3. The lowest BCUT2D eigenvalue weighted by Gasteiger charge is -2.23. The number of nitrogens with one attached hydrogen (secondary N) is 1. The van der Waals surface area contributed by atoms with E-state index in [1.54, 1.807) is 0 Å². The van der Waals surface area contributed by atoms with Crippen LogP contribution in [0.15, 0.2) is 6.07 Å². The Bertz CT molecular complexity index is 522. The predicted octanol–water partition coefficient (Wildman–Crippen LogP) is 3.65. The highest BCUT2D eigenvalue weighted by Gasteiger charge is 2.20. The highest BCUT2D eigenvalue weighted by atomic mass is 16.4. The molecule has 114 valence electrons. The molecule has 0 unspecified atom stereocenters. The van der Waals surface area contributed by atoms with Gasteiger partial charge in [0.2, 0.25) is 0 Å². The van der Waals surface area contributed by atoms with Crippen LogP contribution in [0.25, 0.3) is 0 Å². The molecule has 1 aromatic heterocycles. The number of pyridine rings is 1. The van der Waals surface area contributed by atoms with Crippen LogP contribution in [0.5, 0.6) is 0 Å².